The van der Waals surface area contributed by atoms with Gasteiger partial charge in [-0.25, -0.2) is 8.78 Å². The second kappa shape index (κ2) is 14.3. The number of hydrogen-bond acceptors (Lipinski definition) is 5. The molecule has 0 bridgehead atoms. The number of carbonyl (C=O) groups excluding carboxylic acids is 2. The lowest BCUT2D eigenvalue weighted by Gasteiger charge is -2.37. The minimum Gasteiger partial charge on any atom is -0.495 e. The Morgan fingerprint density at radius 3 is 2.49 bits per heavy atom. The summed E-state index contributed by atoms with van der Waals surface area (Å²) in [4.78, 5) is 21.7. The van der Waals surface area contributed by atoms with Gasteiger partial charge >= 0.3 is 0 Å². The minimum atomic E-state index is -1.30. The van der Waals surface area contributed by atoms with E-state index in [1.54, 1.807) is 49.4 Å². The summed E-state index contributed by atoms with van der Waals surface area (Å²) in [6.07, 6.45) is 1.63. The van der Waals surface area contributed by atoms with E-state index in [9.17, 15) is 19.2 Å². The summed E-state index contributed by atoms with van der Waals surface area (Å²) in [7, 11) is 1.49. The molecule has 10 heteroatoms. The fourth-order valence-electron chi connectivity index (χ4n) is 5.48. The summed E-state index contributed by atoms with van der Waals surface area (Å²) in [6.45, 7) is 8.31. The average molecular weight is 631 g/mol. The highest BCUT2D eigenvalue weighted by molar-refractivity contribution is 6.31. The Morgan fingerprint density at radius 1 is 1.19 bits per heavy atom. The first kappa shape index (κ1) is 34.0. The van der Waals surface area contributed by atoms with Crippen molar-refractivity contribution in [2.75, 3.05) is 19.0 Å². The Hall–Kier alpha value is -3.51. The fourth-order valence-corrected chi connectivity index (χ4v) is 5.82. The molecule has 0 saturated carbocycles. The molecule has 1 heterocycles. The number of nitrogens with zero attached hydrogens (tertiary/aromatic N) is 1. The van der Waals surface area contributed by atoms with E-state index in [0.717, 1.165) is 0 Å². The van der Waals surface area contributed by atoms with Gasteiger partial charge in [0.1, 0.15) is 22.8 Å². The molecule has 3 aromatic rings. The van der Waals surface area contributed by atoms with E-state index in [4.69, 9.17) is 27.9 Å². The maximum Gasteiger partial charge on any atom is 0.211 e. The van der Waals surface area contributed by atoms with Crippen LogP contribution in [0.15, 0.2) is 54.6 Å². The van der Waals surface area contributed by atoms with Crippen molar-refractivity contribution in [1.82, 2.24) is 5.32 Å². The van der Waals surface area contributed by atoms with Crippen molar-refractivity contribution in [3.05, 3.63) is 93.0 Å². The largest absolute Gasteiger partial charge is 0.495 e. The van der Waals surface area contributed by atoms with Gasteiger partial charge in [0.2, 0.25) is 6.41 Å². The molecule has 0 radical (unpaired) electrons. The molecule has 3 atom stereocenters. The van der Waals surface area contributed by atoms with Crippen LogP contribution in [0.5, 0.6) is 5.75 Å². The van der Waals surface area contributed by atoms with Crippen LogP contribution in [-0.2, 0) is 10.2 Å². The number of ketones is 1. The Labute approximate surface area is 261 Å². The number of amides is 1. The molecule has 1 amide bonds. The van der Waals surface area contributed by atoms with Crippen molar-refractivity contribution in [3.63, 3.8) is 0 Å². The highest BCUT2D eigenvalue weighted by atomic mass is 35.5. The number of methoxy groups -OCH3 is 1. The summed E-state index contributed by atoms with van der Waals surface area (Å²) in [5, 5.41) is 16.5. The minimum absolute atomic E-state index is 0.0137. The Kier molecular flexibility index (Phi) is 11.3. The van der Waals surface area contributed by atoms with Crippen molar-refractivity contribution in [1.29, 1.82) is 5.26 Å². The summed E-state index contributed by atoms with van der Waals surface area (Å²) in [5.74, 6) is -1.20. The molecular weight excluding hydrogens is 595 g/mol. The smallest absolute Gasteiger partial charge is 0.211 e. The molecule has 1 fully saturated rings. The molecule has 1 aliphatic heterocycles. The second-order valence-electron chi connectivity index (χ2n) is 11.5. The van der Waals surface area contributed by atoms with Crippen LogP contribution >= 0.6 is 23.2 Å². The van der Waals surface area contributed by atoms with Gasteiger partial charge in [0.15, 0.2) is 5.78 Å². The number of nitriles is 1. The number of rotatable bonds is 8. The van der Waals surface area contributed by atoms with Crippen LogP contribution in [0.4, 0.5) is 14.5 Å². The summed E-state index contributed by atoms with van der Waals surface area (Å²) < 4.78 is 35.0. The fraction of sp³-hybridized carbons (Fsp3) is 0.364. The number of benzene rings is 3. The Morgan fingerprint density at radius 2 is 1.91 bits per heavy atom. The highest BCUT2D eigenvalue weighted by Crippen LogP contribution is 2.50. The third-order valence-electron chi connectivity index (χ3n) is 7.46. The molecule has 0 spiro atoms. The molecule has 228 valence electrons. The summed E-state index contributed by atoms with van der Waals surface area (Å²) in [6, 6.07) is 16.0. The van der Waals surface area contributed by atoms with Gasteiger partial charge in [-0.15, -0.1) is 0 Å². The highest BCUT2D eigenvalue weighted by Gasteiger charge is 2.55. The first-order valence-corrected chi connectivity index (χ1v) is 14.5. The number of hydrogen-bond donors (Lipinski definition) is 2. The quantitative estimate of drug-likeness (QED) is 0.194. The summed E-state index contributed by atoms with van der Waals surface area (Å²) >= 11 is 11.9. The van der Waals surface area contributed by atoms with Gasteiger partial charge in [0, 0.05) is 41.1 Å². The van der Waals surface area contributed by atoms with E-state index in [0.29, 0.717) is 48.4 Å². The predicted molar refractivity (Wildman–Crippen MR) is 166 cm³/mol. The number of nitrogens with one attached hydrogen (secondary N) is 2. The van der Waals surface area contributed by atoms with Gasteiger partial charge in [0.05, 0.1) is 23.9 Å². The standard InChI is InChI=1S/C22H22Cl2F2N2.C11H13NO3/c1-21(2,3)10-19-22(12-27,15-8-7-13(23)9-18(15)25)16(11-28-19)14-5-4-6-17(24)20(14)26;1-3-10(14)8-4-5-9(12-7-13)11(6-8)15-2/h4-9,16,19,28H,10-11H2,1-3H3;4-7H,3H2,1-2H3,(H,12,13)/t16?,19-,22?;/m0./s1. The summed E-state index contributed by atoms with van der Waals surface area (Å²) in [5.41, 5.74) is 0.263. The molecule has 2 unspecified atom stereocenters. The van der Waals surface area contributed by atoms with Gasteiger partial charge in [-0.3, -0.25) is 9.59 Å². The predicted octanol–water partition coefficient (Wildman–Crippen LogP) is 8.08. The molecule has 0 aromatic heterocycles. The Bertz CT molecular complexity index is 1520. The van der Waals surface area contributed by atoms with E-state index in [1.807, 2.05) is 0 Å². The van der Waals surface area contributed by atoms with Gasteiger partial charge in [-0.2, -0.15) is 5.26 Å². The maximum atomic E-state index is 15.0. The number of anilines is 1. The van der Waals surface area contributed by atoms with E-state index in [2.05, 4.69) is 37.5 Å². The van der Waals surface area contributed by atoms with Crippen molar-refractivity contribution >= 4 is 41.1 Å². The molecule has 3 aromatic carbocycles. The molecule has 2 N–H and O–H groups in total. The Balaban J connectivity index is 0.000000285. The van der Waals surface area contributed by atoms with Crippen molar-refractivity contribution in [2.24, 2.45) is 5.41 Å². The third-order valence-corrected chi connectivity index (χ3v) is 7.99. The molecule has 6 nitrogen and oxygen atoms in total. The lowest BCUT2D eigenvalue weighted by atomic mass is 9.64. The van der Waals surface area contributed by atoms with Crippen molar-refractivity contribution < 1.29 is 23.1 Å². The topological polar surface area (TPSA) is 91.2 Å². The van der Waals surface area contributed by atoms with Crippen molar-refractivity contribution in [2.45, 2.75) is 57.9 Å². The SMILES string of the molecule is CC(C)(C)C[C@@H]1NCC(c2cccc(Cl)c2F)C1(C#N)c1ccc(Cl)cc1F.CCC(=O)c1ccc(NC=O)c(OC)c1. The second-order valence-corrected chi connectivity index (χ2v) is 12.3. The van der Waals surface area contributed by atoms with Crippen LogP contribution in [0.2, 0.25) is 10.0 Å². The average Bonchev–Trinajstić information content (AvgIpc) is 3.31. The van der Waals surface area contributed by atoms with Gasteiger partial charge in [-0.1, -0.05) is 69.1 Å². The van der Waals surface area contributed by atoms with E-state index in [1.165, 1.54) is 19.2 Å². The van der Waals surface area contributed by atoms with E-state index in [-0.39, 0.29) is 32.8 Å². The van der Waals surface area contributed by atoms with E-state index < -0.39 is 23.0 Å². The molecule has 43 heavy (non-hydrogen) atoms. The van der Waals surface area contributed by atoms with Gasteiger partial charge < -0.3 is 15.4 Å². The number of Topliss-reactive ketones (excluding diaryl/α,β-unsaturated/α-hetero) is 1. The zero-order chi connectivity index (χ0) is 31.9. The van der Waals surface area contributed by atoms with E-state index >= 15 is 4.39 Å². The maximum absolute atomic E-state index is 15.0. The van der Waals surface area contributed by atoms with Gasteiger partial charge in [-0.05, 0) is 53.8 Å². The van der Waals surface area contributed by atoms with Crippen LogP contribution in [0.25, 0.3) is 0 Å². The molecule has 0 aliphatic carbocycles. The number of carbonyl (C=O) groups is 2. The zero-order valence-corrected chi connectivity index (χ0v) is 26.2. The molecule has 1 saturated heterocycles. The number of halogens is 4. The van der Waals surface area contributed by atoms with Crippen LogP contribution in [0.3, 0.4) is 0 Å². The lowest BCUT2D eigenvalue weighted by molar-refractivity contribution is -0.105. The van der Waals surface area contributed by atoms with Gasteiger partial charge in [0.25, 0.3) is 0 Å². The lowest BCUT2D eigenvalue weighted by Crippen LogP contribution is -2.44. The van der Waals surface area contributed by atoms with Crippen LogP contribution in [-0.4, -0.2) is 31.9 Å². The normalized spacial score (nSPS) is 19.5. The number of ether oxygens (including phenoxy) is 1. The van der Waals surface area contributed by atoms with Crippen LogP contribution in [0.1, 0.15) is 67.9 Å². The first-order valence-electron chi connectivity index (χ1n) is 13.8. The molecule has 1 aliphatic rings. The monoisotopic (exact) mass is 629 g/mol. The molecule has 4 rings (SSSR count). The third kappa shape index (κ3) is 7.53. The van der Waals surface area contributed by atoms with Crippen LogP contribution in [0, 0.1) is 28.4 Å². The van der Waals surface area contributed by atoms with Crippen molar-refractivity contribution in [3.8, 4) is 11.8 Å². The molecular formula is C33H35Cl2F2N3O3. The van der Waals surface area contributed by atoms with Crippen LogP contribution < -0.4 is 15.4 Å². The first-order chi connectivity index (χ1) is 20.3. The zero-order valence-electron chi connectivity index (χ0n) is 24.7.